The first-order valence-electron chi connectivity index (χ1n) is 8.59. The lowest BCUT2D eigenvalue weighted by atomic mass is 9.85. The first-order valence-corrected chi connectivity index (χ1v) is 8.59. The fraction of sp³-hybridized carbons (Fsp3) is 0.529. The molecular weight excluding hydrogens is 356 g/mol. The maximum atomic E-state index is 12.4. The van der Waals surface area contributed by atoms with Crippen molar-refractivity contribution in [3.05, 3.63) is 24.5 Å². The number of methoxy groups -OCH3 is 1. The molecule has 1 aromatic heterocycles. The predicted molar refractivity (Wildman–Crippen MR) is 101 cm³/mol. The largest absolute Gasteiger partial charge is 0.494 e. The van der Waals surface area contributed by atoms with E-state index in [1.165, 1.54) is 23.9 Å². The van der Waals surface area contributed by atoms with Crippen LogP contribution >= 0.6 is 12.4 Å². The summed E-state index contributed by atoms with van der Waals surface area (Å²) in [5.41, 5.74) is 1.38. The lowest BCUT2D eigenvalue weighted by Gasteiger charge is -2.28. The van der Waals surface area contributed by atoms with E-state index in [9.17, 15) is 4.79 Å². The van der Waals surface area contributed by atoms with Gasteiger partial charge >= 0.3 is 0 Å². The summed E-state index contributed by atoms with van der Waals surface area (Å²) < 4.78 is 6.84. The minimum atomic E-state index is 0. The van der Waals surface area contributed by atoms with E-state index in [0.29, 0.717) is 35.4 Å². The summed E-state index contributed by atoms with van der Waals surface area (Å²) in [6, 6.07) is 5.42. The fourth-order valence-corrected chi connectivity index (χ4v) is 3.25. The van der Waals surface area contributed by atoms with E-state index < -0.39 is 0 Å². The lowest BCUT2D eigenvalue weighted by molar-refractivity contribution is -0.117. The van der Waals surface area contributed by atoms with E-state index in [4.69, 9.17) is 4.74 Å². The van der Waals surface area contributed by atoms with Crippen molar-refractivity contribution in [2.75, 3.05) is 25.5 Å². The molecule has 2 aromatic rings. The van der Waals surface area contributed by atoms with Crippen molar-refractivity contribution in [1.82, 2.24) is 25.5 Å². The summed E-state index contributed by atoms with van der Waals surface area (Å²) in [7, 11) is 1.58. The van der Waals surface area contributed by atoms with Gasteiger partial charge in [0.1, 0.15) is 17.8 Å². The molecule has 1 saturated heterocycles. The highest BCUT2D eigenvalue weighted by atomic mass is 35.5. The molecule has 1 fully saturated rings. The summed E-state index contributed by atoms with van der Waals surface area (Å²) >= 11 is 0. The number of piperidine rings is 1. The van der Waals surface area contributed by atoms with E-state index in [1.54, 1.807) is 19.2 Å². The number of carbonyl (C=O) groups is 1. The molecule has 0 saturated carbocycles. The van der Waals surface area contributed by atoms with Crippen LogP contribution in [0.25, 0.3) is 5.69 Å². The summed E-state index contributed by atoms with van der Waals surface area (Å²) in [6.45, 7) is 4.24. The molecule has 1 aliphatic rings. The van der Waals surface area contributed by atoms with Crippen LogP contribution in [0, 0.1) is 11.8 Å². The Morgan fingerprint density at radius 3 is 3.00 bits per heavy atom. The van der Waals surface area contributed by atoms with Crippen LogP contribution in [-0.2, 0) is 4.79 Å². The molecule has 2 unspecified atom stereocenters. The number of nitrogens with one attached hydrogen (secondary N) is 2. The summed E-state index contributed by atoms with van der Waals surface area (Å²) in [5, 5.41) is 17.5. The van der Waals surface area contributed by atoms with Gasteiger partial charge in [0.25, 0.3) is 0 Å². The van der Waals surface area contributed by atoms with Crippen molar-refractivity contribution < 1.29 is 9.53 Å². The van der Waals surface area contributed by atoms with Crippen molar-refractivity contribution >= 4 is 24.0 Å². The third kappa shape index (κ3) is 4.92. The number of hydrogen-bond acceptors (Lipinski definition) is 6. The maximum absolute atomic E-state index is 12.4. The van der Waals surface area contributed by atoms with Crippen LogP contribution in [0.1, 0.15) is 26.2 Å². The Bertz CT molecular complexity index is 703. The average molecular weight is 381 g/mol. The number of aromatic nitrogens is 4. The second-order valence-electron chi connectivity index (χ2n) is 6.48. The van der Waals surface area contributed by atoms with Gasteiger partial charge in [0.15, 0.2) is 0 Å². The van der Waals surface area contributed by atoms with E-state index in [-0.39, 0.29) is 18.3 Å². The molecule has 8 nitrogen and oxygen atoms in total. The number of nitrogens with zero attached hydrogens (tertiary/aromatic N) is 4. The van der Waals surface area contributed by atoms with Crippen LogP contribution in [0.4, 0.5) is 5.69 Å². The van der Waals surface area contributed by atoms with Gasteiger partial charge in [0.2, 0.25) is 5.91 Å². The number of halogens is 1. The molecule has 0 spiro atoms. The van der Waals surface area contributed by atoms with Crippen LogP contribution in [0.3, 0.4) is 0 Å². The highest BCUT2D eigenvalue weighted by molar-refractivity contribution is 5.91. The molecule has 1 aliphatic heterocycles. The molecule has 2 heterocycles. The van der Waals surface area contributed by atoms with Crippen molar-refractivity contribution in [3.8, 4) is 11.4 Å². The standard InChI is InChI=1S/C17H24N6O2.ClH/c1-12(13-4-3-7-18-10-13)8-17(24)20-14-5-6-16(25-2)15(9-14)23-11-19-21-22-23;/h5-6,9,11-13,18H,3-4,7-8,10H2,1-2H3,(H,20,24);1H. The number of tetrazole rings is 1. The topological polar surface area (TPSA) is 94.0 Å². The van der Waals surface area contributed by atoms with E-state index >= 15 is 0 Å². The molecule has 3 rings (SSSR count). The molecule has 0 aliphatic carbocycles. The molecule has 9 heteroatoms. The number of hydrogen-bond donors (Lipinski definition) is 2. The van der Waals surface area contributed by atoms with Crippen LogP contribution in [-0.4, -0.2) is 46.3 Å². The number of rotatable bonds is 6. The van der Waals surface area contributed by atoms with E-state index in [1.807, 2.05) is 6.07 Å². The second-order valence-corrected chi connectivity index (χ2v) is 6.48. The quantitative estimate of drug-likeness (QED) is 0.796. The number of carbonyl (C=O) groups excluding carboxylic acids is 1. The summed E-state index contributed by atoms with van der Waals surface area (Å²) in [6.07, 6.45) is 4.37. The summed E-state index contributed by atoms with van der Waals surface area (Å²) in [4.78, 5) is 12.4. The Hall–Kier alpha value is -2.19. The molecule has 1 amide bonds. The minimum Gasteiger partial charge on any atom is -0.494 e. The molecule has 26 heavy (non-hydrogen) atoms. The van der Waals surface area contributed by atoms with E-state index in [2.05, 4.69) is 33.1 Å². The van der Waals surface area contributed by atoms with Crippen LogP contribution in [0.5, 0.6) is 5.75 Å². The molecule has 142 valence electrons. The Labute approximate surface area is 159 Å². The van der Waals surface area contributed by atoms with Gasteiger partial charge < -0.3 is 15.4 Å². The molecule has 0 bridgehead atoms. The predicted octanol–water partition coefficient (Wildman–Crippen LogP) is 2.06. The number of benzene rings is 1. The molecule has 1 aromatic carbocycles. The van der Waals surface area contributed by atoms with Crippen molar-refractivity contribution in [2.45, 2.75) is 26.2 Å². The van der Waals surface area contributed by atoms with Gasteiger partial charge in [-0.1, -0.05) is 6.92 Å². The van der Waals surface area contributed by atoms with Gasteiger partial charge in [-0.05, 0) is 66.4 Å². The van der Waals surface area contributed by atoms with Crippen molar-refractivity contribution in [3.63, 3.8) is 0 Å². The highest BCUT2D eigenvalue weighted by Gasteiger charge is 2.22. The lowest BCUT2D eigenvalue weighted by Crippen LogP contribution is -2.34. The van der Waals surface area contributed by atoms with Gasteiger partial charge in [-0.3, -0.25) is 4.79 Å². The van der Waals surface area contributed by atoms with Gasteiger partial charge in [0, 0.05) is 12.1 Å². The molecule has 2 N–H and O–H groups in total. The zero-order chi connectivity index (χ0) is 17.6. The first kappa shape index (κ1) is 20.1. The minimum absolute atomic E-state index is 0. The smallest absolute Gasteiger partial charge is 0.224 e. The average Bonchev–Trinajstić information content (AvgIpc) is 3.17. The third-order valence-corrected chi connectivity index (χ3v) is 4.71. The Morgan fingerprint density at radius 1 is 1.50 bits per heavy atom. The number of amides is 1. The number of anilines is 1. The van der Waals surface area contributed by atoms with Gasteiger partial charge in [-0.2, -0.15) is 4.68 Å². The summed E-state index contributed by atoms with van der Waals surface area (Å²) in [5.74, 6) is 1.56. The molecular formula is C17H25ClN6O2. The zero-order valence-electron chi connectivity index (χ0n) is 15.0. The monoisotopic (exact) mass is 380 g/mol. The van der Waals surface area contributed by atoms with E-state index in [0.717, 1.165) is 13.1 Å². The van der Waals surface area contributed by atoms with Gasteiger partial charge in [-0.15, -0.1) is 17.5 Å². The maximum Gasteiger partial charge on any atom is 0.224 e. The van der Waals surface area contributed by atoms with Crippen LogP contribution < -0.4 is 15.4 Å². The number of ether oxygens (including phenoxy) is 1. The Kier molecular flexibility index (Phi) is 7.35. The SMILES string of the molecule is COc1ccc(NC(=O)CC(C)C2CCCNC2)cc1-n1cnnn1.Cl. The first-order chi connectivity index (χ1) is 12.2. The van der Waals surface area contributed by atoms with Crippen molar-refractivity contribution in [2.24, 2.45) is 11.8 Å². The fourth-order valence-electron chi connectivity index (χ4n) is 3.25. The second kappa shape index (κ2) is 9.49. The van der Waals surface area contributed by atoms with Crippen LogP contribution in [0.15, 0.2) is 24.5 Å². The van der Waals surface area contributed by atoms with Gasteiger partial charge in [-0.25, -0.2) is 0 Å². The van der Waals surface area contributed by atoms with Crippen LogP contribution in [0.2, 0.25) is 0 Å². The third-order valence-electron chi connectivity index (χ3n) is 4.71. The Balaban J connectivity index is 0.00000243. The highest BCUT2D eigenvalue weighted by Crippen LogP contribution is 2.27. The Morgan fingerprint density at radius 2 is 2.35 bits per heavy atom. The molecule has 0 radical (unpaired) electrons. The van der Waals surface area contributed by atoms with Crippen molar-refractivity contribution in [1.29, 1.82) is 0 Å². The normalized spacial score (nSPS) is 17.8. The van der Waals surface area contributed by atoms with Gasteiger partial charge in [0.05, 0.1) is 7.11 Å². The molecule has 2 atom stereocenters. The zero-order valence-corrected chi connectivity index (χ0v) is 15.8.